The molecule has 3 N–H and O–H groups in total. The van der Waals surface area contributed by atoms with Gasteiger partial charge in [0.25, 0.3) is 0 Å². The van der Waals surface area contributed by atoms with Gasteiger partial charge in [0, 0.05) is 43.8 Å². The van der Waals surface area contributed by atoms with Crippen molar-refractivity contribution >= 4 is 46.3 Å². The molecule has 1 aliphatic rings. The predicted octanol–water partition coefficient (Wildman–Crippen LogP) is 8.28. The molecule has 4 aromatic carbocycles. The van der Waals surface area contributed by atoms with Crippen molar-refractivity contribution in [3.05, 3.63) is 144 Å². The highest BCUT2D eigenvalue weighted by molar-refractivity contribution is 7.79. The van der Waals surface area contributed by atoms with Crippen molar-refractivity contribution in [3.8, 4) is 21.8 Å². The van der Waals surface area contributed by atoms with Crippen molar-refractivity contribution < 1.29 is 9.84 Å². The van der Waals surface area contributed by atoms with E-state index < -0.39 is 14.2 Å². The fourth-order valence-corrected chi connectivity index (χ4v) is 8.34. The van der Waals surface area contributed by atoms with Crippen LogP contribution in [-0.2, 0) is 4.74 Å². The van der Waals surface area contributed by atoms with Crippen LogP contribution in [-0.4, -0.2) is 47.1 Å². The molecule has 0 spiro atoms. The average Bonchev–Trinajstić information content (AvgIpc) is 3.89. The molecule has 6 aromatic rings. The summed E-state index contributed by atoms with van der Waals surface area (Å²) in [5.41, 5.74) is 12.1. The second kappa shape index (κ2) is 19.3. The Morgan fingerprint density at radius 1 is 0.843 bits per heavy atom. The van der Waals surface area contributed by atoms with Gasteiger partial charge in [-0.3, -0.25) is 0 Å². The Labute approximate surface area is 304 Å². The summed E-state index contributed by atoms with van der Waals surface area (Å²) in [5.74, 6) is 0.517. The third-order valence-electron chi connectivity index (χ3n) is 7.78. The van der Waals surface area contributed by atoms with Crippen LogP contribution in [0.4, 0.5) is 11.1 Å². The number of benzene rings is 4. The zero-order chi connectivity index (χ0) is 35.8. The number of rotatable bonds is 9. The molecule has 3 heterocycles. The monoisotopic (exact) mass is 716 g/mol. The van der Waals surface area contributed by atoms with Gasteiger partial charge in [-0.25, -0.2) is 15.0 Å². The third kappa shape index (κ3) is 10.4. The van der Waals surface area contributed by atoms with Crippen molar-refractivity contribution in [2.24, 2.45) is 5.11 Å². The Bertz CT molecular complexity index is 1890. The second-order valence-electron chi connectivity index (χ2n) is 11.3. The Hall–Kier alpha value is -5.15. The van der Waals surface area contributed by atoms with E-state index in [1.54, 1.807) is 13.2 Å². The van der Waals surface area contributed by atoms with Crippen LogP contribution in [0.5, 0.6) is 0 Å². The van der Waals surface area contributed by atoms with Crippen LogP contribution in [0, 0.1) is 0 Å². The van der Waals surface area contributed by atoms with E-state index in [0.29, 0.717) is 5.95 Å². The highest BCUT2D eigenvalue weighted by Gasteiger charge is 2.17. The number of aromatic nitrogens is 3. The first kappa shape index (κ1) is 37.1. The van der Waals surface area contributed by atoms with Gasteiger partial charge in [0.1, 0.15) is 0 Å². The maximum absolute atomic E-state index is 8.77. The number of thiazole rings is 1. The molecule has 2 unspecified atom stereocenters. The van der Waals surface area contributed by atoms with Gasteiger partial charge in [-0.15, -0.1) is 0 Å². The molecule has 2 aromatic heterocycles. The van der Waals surface area contributed by atoms with Gasteiger partial charge < -0.3 is 20.5 Å². The van der Waals surface area contributed by atoms with Crippen molar-refractivity contribution in [2.75, 3.05) is 31.3 Å². The van der Waals surface area contributed by atoms with E-state index in [0.717, 1.165) is 52.0 Å². The quantitative estimate of drug-likeness (QED) is 0.0592. The number of azide groups is 1. The largest absolute Gasteiger partial charge is 0.368 e. The van der Waals surface area contributed by atoms with Crippen LogP contribution in [0.3, 0.4) is 0 Å². The third-order valence-corrected chi connectivity index (χ3v) is 11.3. The van der Waals surface area contributed by atoms with Crippen LogP contribution in [0.1, 0.15) is 31.4 Å². The molecule has 0 amide bonds. The molecular weight excluding hydrogens is 676 g/mol. The fraction of sp³-hybridized carbons (Fsp3) is 0.205. The first-order valence-corrected chi connectivity index (χ1v) is 18.8. The average molecular weight is 717 g/mol. The summed E-state index contributed by atoms with van der Waals surface area (Å²) in [7, 11) is 3.17. The number of nitrogens with one attached hydrogen (secondary N) is 2. The lowest BCUT2D eigenvalue weighted by Gasteiger charge is -2.18. The minimum Gasteiger partial charge on any atom is -0.368 e. The Morgan fingerprint density at radius 2 is 1.41 bits per heavy atom. The zero-order valence-electron chi connectivity index (χ0n) is 28.8. The smallest absolute Gasteiger partial charge is 0.223 e. The minimum atomic E-state index is -0.454. The summed E-state index contributed by atoms with van der Waals surface area (Å²) in [5, 5.41) is 23.4. The summed E-state index contributed by atoms with van der Waals surface area (Å²) in [4.78, 5) is 17.3. The van der Waals surface area contributed by atoms with Gasteiger partial charge in [-0.2, -0.15) is 0 Å². The molecule has 0 saturated carbocycles. The summed E-state index contributed by atoms with van der Waals surface area (Å²) >= 11 is 1.52. The SMILES string of the molecule is CNc1nc(-c2cnc(NC)s2)cc(-c2ccccc2C(C)N=[N+]=[N-])n1.OC1CCCO1.c1ccc(P(c2ccccc2)c2ccccc2)cc1. The van der Waals surface area contributed by atoms with E-state index in [9.17, 15) is 0 Å². The Balaban J connectivity index is 0.000000175. The lowest BCUT2D eigenvalue weighted by atomic mass is 9.99. The summed E-state index contributed by atoms with van der Waals surface area (Å²) in [6.45, 7) is 2.60. The Morgan fingerprint density at radius 3 is 1.88 bits per heavy atom. The van der Waals surface area contributed by atoms with E-state index in [-0.39, 0.29) is 6.04 Å². The van der Waals surface area contributed by atoms with Gasteiger partial charge >= 0.3 is 0 Å². The molecule has 1 saturated heterocycles. The first-order valence-electron chi connectivity index (χ1n) is 16.6. The van der Waals surface area contributed by atoms with Crippen molar-refractivity contribution in [3.63, 3.8) is 0 Å². The lowest BCUT2D eigenvalue weighted by molar-refractivity contribution is -0.0589. The highest BCUT2D eigenvalue weighted by atomic mass is 32.1. The van der Waals surface area contributed by atoms with Gasteiger partial charge in [-0.1, -0.05) is 139 Å². The Kier molecular flexibility index (Phi) is 14.0. The molecule has 51 heavy (non-hydrogen) atoms. The molecule has 7 rings (SSSR count). The molecule has 0 aliphatic carbocycles. The molecule has 12 heteroatoms. The van der Waals surface area contributed by atoms with Crippen LogP contribution >= 0.6 is 19.3 Å². The zero-order valence-corrected chi connectivity index (χ0v) is 30.5. The molecule has 1 fully saturated rings. The van der Waals surface area contributed by atoms with Gasteiger partial charge in [-0.05, 0) is 47.4 Å². The first-order chi connectivity index (χ1) is 25.0. The van der Waals surface area contributed by atoms with E-state index in [4.69, 9.17) is 15.4 Å². The van der Waals surface area contributed by atoms with Crippen molar-refractivity contribution in [1.29, 1.82) is 0 Å². The number of aliphatic hydroxyl groups excluding tert-OH is 1. The molecule has 1 aliphatic heterocycles. The topological polar surface area (TPSA) is 141 Å². The molecule has 260 valence electrons. The van der Waals surface area contributed by atoms with E-state index in [1.807, 2.05) is 44.3 Å². The standard InChI is InChI=1S/C18H15P.C17H18N8S.C4H8O2/c1-4-10-16(11-5-1)19(17-12-6-2-7-13-17)18-14-8-3-9-15-18;1-10(24-25-18)11-6-4-5-7-12(11)13-8-14(23-16(19-2)22-13)15-9-21-17(20-3)26-15;5-4-2-1-3-6-4/h1-15H;4-10H,1-3H3,(H,20,21)(H,19,22,23);4-5H,1-3H2. The van der Waals surface area contributed by atoms with Crippen LogP contribution in [0.2, 0.25) is 0 Å². The maximum atomic E-state index is 8.77. The summed E-state index contributed by atoms with van der Waals surface area (Å²) in [6, 6.07) is 41.7. The summed E-state index contributed by atoms with van der Waals surface area (Å²) in [6.07, 6.45) is 3.17. The number of hydrogen-bond donors (Lipinski definition) is 3. The fourth-order valence-electron chi connectivity index (χ4n) is 5.30. The summed E-state index contributed by atoms with van der Waals surface area (Å²) < 4.78 is 4.71. The highest BCUT2D eigenvalue weighted by Crippen LogP contribution is 2.34. The van der Waals surface area contributed by atoms with Crippen LogP contribution < -0.4 is 26.5 Å². The lowest BCUT2D eigenvalue weighted by Crippen LogP contribution is -2.20. The van der Waals surface area contributed by atoms with Gasteiger partial charge in [0.2, 0.25) is 5.95 Å². The number of aliphatic hydroxyl groups is 1. The van der Waals surface area contributed by atoms with Crippen molar-refractivity contribution in [1.82, 2.24) is 15.0 Å². The maximum Gasteiger partial charge on any atom is 0.223 e. The van der Waals surface area contributed by atoms with E-state index in [1.165, 1.54) is 27.3 Å². The number of anilines is 2. The number of ether oxygens (including phenoxy) is 1. The molecular formula is C39H41N8O2PS. The normalized spacial score (nSPS) is 13.9. The minimum absolute atomic E-state index is 0.299. The van der Waals surface area contributed by atoms with Crippen LogP contribution in [0.25, 0.3) is 32.3 Å². The molecule has 10 nitrogen and oxygen atoms in total. The predicted molar refractivity (Wildman–Crippen MR) is 212 cm³/mol. The molecule has 0 radical (unpaired) electrons. The second-order valence-corrected chi connectivity index (χ2v) is 14.5. The van der Waals surface area contributed by atoms with Crippen LogP contribution in [0.15, 0.2) is 133 Å². The number of nitrogens with zero attached hydrogens (tertiary/aromatic N) is 6. The number of hydrogen-bond acceptors (Lipinski definition) is 9. The van der Waals surface area contributed by atoms with E-state index in [2.05, 4.69) is 127 Å². The molecule has 0 bridgehead atoms. The van der Waals surface area contributed by atoms with E-state index >= 15 is 0 Å². The van der Waals surface area contributed by atoms with Crippen molar-refractivity contribution in [2.45, 2.75) is 32.1 Å². The van der Waals surface area contributed by atoms with Gasteiger partial charge in [0.05, 0.1) is 22.3 Å². The van der Waals surface area contributed by atoms with Gasteiger partial charge in [0.15, 0.2) is 11.4 Å². The molecule has 2 atom stereocenters.